The van der Waals surface area contributed by atoms with Gasteiger partial charge in [-0.25, -0.2) is 4.39 Å². The van der Waals surface area contributed by atoms with E-state index in [-0.39, 0.29) is 5.92 Å². The summed E-state index contributed by atoms with van der Waals surface area (Å²) in [4.78, 5) is 0. The number of allylic oxidation sites excluding steroid dienone is 2. The van der Waals surface area contributed by atoms with Crippen LogP contribution in [0.1, 0.15) is 20.8 Å². The fourth-order valence-electron chi connectivity index (χ4n) is 0.457. The fourth-order valence-corrected chi connectivity index (χ4v) is 0.457. The Balaban J connectivity index is 3.47. The largest absolute Gasteiger partial charge is 0.247 e. The Hall–Kier alpha value is -0.330. The van der Waals surface area contributed by atoms with Crippen molar-refractivity contribution in [3.63, 3.8) is 0 Å². The lowest BCUT2D eigenvalue weighted by Gasteiger charge is -2.04. The zero-order valence-corrected chi connectivity index (χ0v) is 5.69. The Morgan fingerprint density at radius 2 is 1.88 bits per heavy atom. The summed E-state index contributed by atoms with van der Waals surface area (Å²) in [7, 11) is 0. The molecule has 0 aromatic heterocycles. The van der Waals surface area contributed by atoms with E-state index in [9.17, 15) is 4.39 Å². The number of halogens is 1. The van der Waals surface area contributed by atoms with Gasteiger partial charge in [0.15, 0.2) is 0 Å². The summed E-state index contributed by atoms with van der Waals surface area (Å²) in [5.41, 5.74) is 0. The van der Waals surface area contributed by atoms with Crippen molar-refractivity contribution in [3.8, 4) is 0 Å². The quantitative estimate of drug-likeness (QED) is 0.486. The lowest BCUT2D eigenvalue weighted by atomic mass is 10.1. The molecule has 0 aliphatic rings. The summed E-state index contributed by atoms with van der Waals surface area (Å²) < 4.78 is 12.2. The molecule has 0 bridgehead atoms. The number of hydrogen-bond acceptors (Lipinski definition) is 0. The first-order valence-corrected chi connectivity index (χ1v) is 2.95. The molecule has 0 radical (unpaired) electrons. The maximum Gasteiger partial charge on any atom is 0.103 e. The van der Waals surface area contributed by atoms with Gasteiger partial charge in [-0.1, -0.05) is 19.1 Å². The summed E-state index contributed by atoms with van der Waals surface area (Å²) in [5.74, 6) is 0.0694. The summed E-state index contributed by atoms with van der Waals surface area (Å²) in [6.45, 7) is 5.34. The van der Waals surface area contributed by atoms with Crippen LogP contribution in [-0.2, 0) is 0 Å². The lowest BCUT2D eigenvalue weighted by Crippen LogP contribution is -2.03. The molecule has 0 amide bonds. The third-order valence-corrected chi connectivity index (χ3v) is 1.22. The fraction of sp³-hybridized carbons (Fsp3) is 0.714. The third kappa shape index (κ3) is 2.78. The first-order valence-electron chi connectivity index (χ1n) is 2.95. The van der Waals surface area contributed by atoms with Gasteiger partial charge >= 0.3 is 0 Å². The van der Waals surface area contributed by atoms with Crippen molar-refractivity contribution < 1.29 is 4.39 Å². The molecule has 8 heavy (non-hydrogen) atoms. The zero-order chi connectivity index (χ0) is 6.57. The summed E-state index contributed by atoms with van der Waals surface area (Å²) in [5, 5.41) is 0. The van der Waals surface area contributed by atoms with Gasteiger partial charge in [0.2, 0.25) is 0 Å². The van der Waals surface area contributed by atoms with Crippen molar-refractivity contribution in [2.45, 2.75) is 26.9 Å². The second-order valence-corrected chi connectivity index (χ2v) is 2.06. The highest BCUT2D eigenvalue weighted by molar-refractivity contribution is 4.85. The number of alkyl halides is 1. The summed E-state index contributed by atoms with van der Waals surface area (Å²) >= 11 is 0. The molecule has 2 unspecified atom stereocenters. The maximum absolute atomic E-state index is 12.2. The third-order valence-electron chi connectivity index (χ3n) is 1.22. The van der Waals surface area contributed by atoms with Gasteiger partial charge in [0.1, 0.15) is 6.17 Å². The van der Waals surface area contributed by atoms with Crippen LogP contribution in [0.3, 0.4) is 0 Å². The van der Waals surface area contributed by atoms with Crippen LogP contribution < -0.4 is 0 Å². The van der Waals surface area contributed by atoms with E-state index < -0.39 is 6.17 Å². The molecule has 0 N–H and O–H groups in total. The van der Waals surface area contributed by atoms with Crippen molar-refractivity contribution in [3.05, 3.63) is 12.2 Å². The maximum atomic E-state index is 12.2. The molecule has 0 aliphatic carbocycles. The normalized spacial score (nSPS) is 19.0. The van der Waals surface area contributed by atoms with Gasteiger partial charge in [0, 0.05) is 5.92 Å². The van der Waals surface area contributed by atoms with Crippen LogP contribution in [0.15, 0.2) is 12.2 Å². The van der Waals surface area contributed by atoms with Crippen LogP contribution in [0.25, 0.3) is 0 Å². The van der Waals surface area contributed by atoms with Crippen LogP contribution in [0.5, 0.6) is 0 Å². The smallest absolute Gasteiger partial charge is 0.103 e. The van der Waals surface area contributed by atoms with Crippen molar-refractivity contribution >= 4 is 0 Å². The molecule has 0 spiro atoms. The molecule has 0 aliphatic heterocycles. The van der Waals surface area contributed by atoms with E-state index in [0.29, 0.717) is 0 Å². The van der Waals surface area contributed by atoms with E-state index >= 15 is 0 Å². The number of rotatable bonds is 2. The van der Waals surface area contributed by atoms with Crippen LogP contribution in [-0.4, -0.2) is 6.17 Å². The van der Waals surface area contributed by atoms with Crippen LogP contribution >= 0.6 is 0 Å². The van der Waals surface area contributed by atoms with Crippen molar-refractivity contribution in [2.75, 3.05) is 0 Å². The molecule has 48 valence electrons. The van der Waals surface area contributed by atoms with Gasteiger partial charge in [0.25, 0.3) is 0 Å². The predicted octanol–water partition coefficient (Wildman–Crippen LogP) is 2.56. The first-order chi connectivity index (χ1) is 3.68. The van der Waals surface area contributed by atoms with Gasteiger partial charge in [-0.3, -0.25) is 0 Å². The van der Waals surface area contributed by atoms with Crippen molar-refractivity contribution in [2.24, 2.45) is 5.92 Å². The van der Waals surface area contributed by atoms with Gasteiger partial charge in [-0.15, -0.1) is 0 Å². The minimum absolute atomic E-state index is 0.0694. The summed E-state index contributed by atoms with van der Waals surface area (Å²) in [6.07, 6.45) is 3.03. The standard InChI is InChI=1S/C7H13F/c1-4-5-6(2)7(3)8/h4-7H,1-3H3. The topological polar surface area (TPSA) is 0 Å². The minimum Gasteiger partial charge on any atom is -0.247 e. The molecule has 1 heteroatoms. The molecule has 0 aromatic rings. The van der Waals surface area contributed by atoms with E-state index in [1.165, 1.54) is 0 Å². The molecule has 0 fully saturated rings. The SMILES string of the molecule is CC=CC(C)C(C)F. The zero-order valence-electron chi connectivity index (χ0n) is 5.69. The molecule has 0 saturated carbocycles. The average molecular weight is 116 g/mol. The van der Waals surface area contributed by atoms with Gasteiger partial charge in [0.05, 0.1) is 0 Å². The highest BCUT2D eigenvalue weighted by Crippen LogP contribution is 2.06. The Morgan fingerprint density at radius 1 is 1.38 bits per heavy atom. The van der Waals surface area contributed by atoms with Crippen LogP contribution in [0.2, 0.25) is 0 Å². The van der Waals surface area contributed by atoms with E-state index in [1.807, 2.05) is 26.0 Å². The highest BCUT2D eigenvalue weighted by Gasteiger charge is 2.03. The molecule has 0 aromatic carbocycles. The van der Waals surface area contributed by atoms with Crippen LogP contribution in [0, 0.1) is 5.92 Å². The molecule has 0 rings (SSSR count). The Kier molecular flexibility index (Phi) is 3.49. The second-order valence-electron chi connectivity index (χ2n) is 2.06. The van der Waals surface area contributed by atoms with E-state index in [0.717, 1.165) is 0 Å². The van der Waals surface area contributed by atoms with Crippen LogP contribution in [0.4, 0.5) is 4.39 Å². The minimum atomic E-state index is -0.716. The van der Waals surface area contributed by atoms with Gasteiger partial charge < -0.3 is 0 Å². The van der Waals surface area contributed by atoms with Gasteiger partial charge in [-0.2, -0.15) is 0 Å². The predicted molar refractivity (Wildman–Crippen MR) is 34.5 cm³/mol. The molecular weight excluding hydrogens is 103 g/mol. The van der Waals surface area contributed by atoms with E-state index in [1.54, 1.807) is 6.92 Å². The molecule has 0 saturated heterocycles. The molecule has 0 nitrogen and oxygen atoms in total. The first kappa shape index (κ1) is 7.67. The molecular formula is C7H13F. The molecule has 0 heterocycles. The van der Waals surface area contributed by atoms with Gasteiger partial charge in [-0.05, 0) is 13.8 Å². The van der Waals surface area contributed by atoms with Crippen molar-refractivity contribution in [1.82, 2.24) is 0 Å². The lowest BCUT2D eigenvalue weighted by molar-refractivity contribution is 0.300. The highest BCUT2D eigenvalue weighted by atomic mass is 19.1. The Bertz CT molecular complexity index is 74.5. The summed E-state index contributed by atoms with van der Waals surface area (Å²) in [6, 6.07) is 0. The average Bonchev–Trinajstić information content (AvgIpc) is 1.67. The Labute approximate surface area is 50.4 Å². The number of hydrogen-bond donors (Lipinski definition) is 0. The second kappa shape index (κ2) is 3.65. The monoisotopic (exact) mass is 116 g/mol. The van der Waals surface area contributed by atoms with E-state index in [2.05, 4.69) is 0 Å². The molecule has 2 atom stereocenters. The Morgan fingerprint density at radius 3 is 2.00 bits per heavy atom. The van der Waals surface area contributed by atoms with Crippen molar-refractivity contribution in [1.29, 1.82) is 0 Å². The van der Waals surface area contributed by atoms with E-state index in [4.69, 9.17) is 0 Å².